The van der Waals surface area contributed by atoms with Gasteiger partial charge in [0, 0.05) is 5.56 Å². The summed E-state index contributed by atoms with van der Waals surface area (Å²) in [6.07, 6.45) is 0. The molecule has 0 aliphatic heterocycles. The molecule has 106 valence electrons. The Bertz CT molecular complexity index is 830. The van der Waals surface area contributed by atoms with Crippen molar-refractivity contribution in [3.05, 3.63) is 40.6 Å². The van der Waals surface area contributed by atoms with E-state index < -0.39 is 11.7 Å². The van der Waals surface area contributed by atoms with Crippen molar-refractivity contribution in [1.82, 2.24) is 9.97 Å². The Morgan fingerprint density at radius 3 is 2.67 bits per heavy atom. The zero-order valence-electron chi connectivity index (χ0n) is 10.8. The first-order valence-electron chi connectivity index (χ1n) is 5.94. The number of benzene rings is 1. The van der Waals surface area contributed by atoms with Crippen molar-refractivity contribution in [3.63, 3.8) is 0 Å². The zero-order chi connectivity index (χ0) is 15.0. The largest absolute Gasteiger partial charge is 0.503 e. The number of methoxy groups -OCH3 is 1. The third-order valence-corrected chi connectivity index (χ3v) is 3.42. The fourth-order valence-electron chi connectivity index (χ4n) is 1.88. The van der Waals surface area contributed by atoms with Crippen molar-refractivity contribution < 1.29 is 19.1 Å². The smallest absolute Gasteiger partial charge is 0.360 e. The number of esters is 1. The molecule has 0 unspecified atom stereocenters. The molecule has 3 rings (SSSR count). The summed E-state index contributed by atoms with van der Waals surface area (Å²) in [5.74, 6) is -0.826. The Labute approximate surface area is 127 Å². The van der Waals surface area contributed by atoms with E-state index in [2.05, 4.69) is 30.6 Å². The van der Waals surface area contributed by atoms with Gasteiger partial charge in [-0.3, -0.25) is 0 Å². The molecular weight excluding hydrogens is 340 g/mol. The SMILES string of the molecule is COC(=O)c1nc(Br)c2nc(-c3ccccc3)oc2c1O. The molecule has 0 amide bonds. The standard InChI is InChI=1S/C14H9BrN2O4/c1-20-14(19)8-10(18)11-9(12(15)16-8)17-13(21-11)7-5-3-2-4-6-7/h2-6,18H,1H3. The topological polar surface area (TPSA) is 85.5 Å². The fraction of sp³-hybridized carbons (Fsp3) is 0.0714. The third-order valence-electron chi connectivity index (χ3n) is 2.87. The quantitative estimate of drug-likeness (QED) is 0.565. The molecule has 0 radical (unpaired) electrons. The molecule has 0 bridgehead atoms. The Kier molecular flexibility index (Phi) is 3.34. The highest BCUT2D eigenvalue weighted by Crippen LogP contribution is 2.35. The number of hydrogen-bond acceptors (Lipinski definition) is 6. The number of nitrogens with zero attached hydrogens (tertiary/aromatic N) is 2. The van der Waals surface area contributed by atoms with Gasteiger partial charge in [-0.2, -0.15) is 0 Å². The molecule has 0 saturated heterocycles. The average Bonchev–Trinajstić information content (AvgIpc) is 2.97. The maximum absolute atomic E-state index is 11.6. The van der Waals surface area contributed by atoms with Crippen LogP contribution in [0.15, 0.2) is 39.4 Å². The highest BCUT2D eigenvalue weighted by Gasteiger charge is 2.23. The lowest BCUT2D eigenvalue weighted by Crippen LogP contribution is -2.05. The zero-order valence-corrected chi connectivity index (χ0v) is 12.4. The number of oxazole rings is 1. The summed E-state index contributed by atoms with van der Waals surface area (Å²) >= 11 is 3.21. The van der Waals surface area contributed by atoms with Crippen LogP contribution in [0.1, 0.15) is 10.5 Å². The van der Waals surface area contributed by atoms with Crippen LogP contribution in [-0.2, 0) is 4.74 Å². The Hall–Kier alpha value is -2.41. The lowest BCUT2D eigenvalue weighted by atomic mass is 10.2. The number of aromatic hydroxyl groups is 1. The second-order valence-corrected chi connectivity index (χ2v) is 4.91. The average molecular weight is 349 g/mol. The van der Waals surface area contributed by atoms with Crippen molar-refractivity contribution in [2.24, 2.45) is 0 Å². The predicted octanol–water partition coefficient (Wildman–Crippen LogP) is 3.14. The van der Waals surface area contributed by atoms with E-state index in [0.29, 0.717) is 16.0 Å². The van der Waals surface area contributed by atoms with Gasteiger partial charge >= 0.3 is 5.97 Å². The minimum atomic E-state index is -0.757. The van der Waals surface area contributed by atoms with Crippen LogP contribution in [0.25, 0.3) is 22.6 Å². The number of aromatic nitrogens is 2. The fourth-order valence-corrected chi connectivity index (χ4v) is 2.32. The number of pyridine rings is 1. The van der Waals surface area contributed by atoms with Crippen LogP contribution in [0, 0.1) is 0 Å². The number of hydrogen-bond donors (Lipinski definition) is 1. The normalized spacial score (nSPS) is 10.8. The summed E-state index contributed by atoms with van der Waals surface area (Å²) in [6.45, 7) is 0. The Morgan fingerprint density at radius 2 is 2.00 bits per heavy atom. The van der Waals surface area contributed by atoms with Crippen LogP contribution in [0.2, 0.25) is 0 Å². The van der Waals surface area contributed by atoms with Crippen molar-refractivity contribution >= 4 is 33.0 Å². The van der Waals surface area contributed by atoms with Crippen molar-refractivity contribution in [2.45, 2.75) is 0 Å². The summed E-state index contributed by atoms with van der Waals surface area (Å²) in [7, 11) is 1.21. The van der Waals surface area contributed by atoms with Gasteiger partial charge in [0.1, 0.15) is 10.1 Å². The third kappa shape index (κ3) is 2.25. The summed E-state index contributed by atoms with van der Waals surface area (Å²) < 4.78 is 10.4. The highest BCUT2D eigenvalue weighted by molar-refractivity contribution is 9.10. The van der Waals surface area contributed by atoms with E-state index in [9.17, 15) is 9.90 Å². The maximum atomic E-state index is 11.6. The van der Waals surface area contributed by atoms with Gasteiger partial charge < -0.3 is 14.3 Å². The van der Waals surface area contributed by atoms with Gasteiger partial charge in [0.25, 0.3) is 0 Å². The van der Waals surface area contributed by atoms with Gasteiger partial charge in [-0.05, 0) is 28.1 Å². The van der Waals surface area contributed by atoms with E-state index in [4.69, 9.17) is 4.42 Å². The van der Waals surface area contributed by atoms with Crippen LogP contribution in [0.5, 0.6) is 5.75 Å². The number of carbonyl (C=O) groups excluding carboxylic acids is 1. The molecule has 0 aliphatic rings. The lowest BCUT2D eigenvalue weighted by molar-refractivity contribution is 0.0590. The number of carbonyl (C=O) groups is 1. The number of fused-ring (bicyclic) bond motifs is 1. The van der Waals surface area contributed by atoms with Gasteiger partial charge in [0.2, 0.25) is 11.5 Å². The molecule has 0 spiro atoms. The van der Waals surface area contributed by atoms with Crippen molar-refractivity contribution in [2.75, 3.05) is 7.11 Å². The van der Waals surface area contributed by atoms with Gasteiger partial charge in [-0.25, -0.2) is 14.8 Å². The Morgan fingerprint density at radius 1 is 1.29 bits per heavy atom. The van der Waals surface area contributed by atoms with Gasteiger partial charge in [0.15, 0.2) is 11.4 Å². The maximum Gasteiger partial charge on any atom is 0.360 e. The van der Waals surface area contributed by atoms with E-state index in [1.807, 2.05) is 30.3 Å². The van der Waals surface area contributed by atoms with Gasteiger partial charge in [-0.1, -0.05) is 18.2 Å². The van der Waals surface area contributed by atoms with E-state index >= 15 is 0 Å². The predicted molar refractivity (Wildman–Crippen MR) is 77.9 cm³/mol. The lowest BCUT2D eigenvalue weighted by Gasteiger charge is -2.02. The molecule has 0 saturated carbocycles. The first-order valence-corrected chi connectivity index (χ1v) is 6.74. The number of halogens is 1. The molecule has 0 atom stereocenters. The molecule has 3 aromatic rings. The number of rotatable bonds is 2. The molecule has 2 heterocycles. The number of ether oxygens (including phenoxy) is 1. The van der Waals surface area contributed by atoms with Gasteiger partial charge in [0.05, 0.1) is 7.11 Å². The van der Waals surface area contributed by atoms with Crippen molar-refractivity contribution in [1.29, 1.82) is 0 Å². The van der Waals surface area contributed by atoms with Crippen molar-refractivity contribution in [3.8, 4) is 17.2 Å². The minimum Gasteiger partial charge on any atom is -0.503 e. The second-order valence-electron chi connectivity index (χ2n) is 4.15. The molecule has 6 nitrogen and oxygen atoms in total. The monoisotopic (exact) mass is 348 g/mol. The van der Waals surface area contributed by atoms with Crippen LogP contribution in [-0.4, -0.2) is 28.2 Å². The van der Waals surface area contributed by atoms with E-state index in [-0.39, 0.29) is 11.3 Å². The molecule has 0 aliphatic carbocycles. The first-order chi connectivity index (χ1) is 10.1. The summed E-state index contributed by atoms with van der Waals surface area (Å²) in [6, 6.07) is 9.21. The van der Waals surface area contributed by atoms with Gasteiger partial charge in [-0.15, -0.1) is 0 Å². The van der Waals surface area contributed by atoms with E-state index in [1.165, 1.54) is 7.11 Å². The van der Waals surface area contributed by atoms with Crippen LogP contribution < -0.4 is 0 Å². The molecule has 1 aromatic carbocycles. The minimum absolute atomic E-state index is 0.0797. The molecule has 21 heavy (non-hydrogen) atoms. The summed E-state index contributed by atoms with van der Waals surface area (Å²) in [5, 5.41) is 10.1. The molecule has 0 fully saturated rings. The summed E-state index contributed by atoms with van der Waals surface area (Å²) in [5.41, 5.74) is 0.933. The van der Waals surface area contributed by atoms with E-state index in [1.54, 1.807) is 0 Å². The molecular formula is C14H9BrN2O4. The first kappa shape index (κ1) is 13.6. The second kappa shape index (κ2) is 5.17. The van der Waals surface area contributed by atoms with Crippen LogP contribution in [0.3, 0.4) is 0 Å². The Balaban J connectivity index is 2.24. The van der Waals surface area contributed by atoms with Crippen LogP contribution >= 0.6 is 15.9 Å². The van der Waals surface area contributed by atoms with Crippen LogP contribution in [0.4, 0.5) is 0 Å². The molecule has 1 N–H and O–H groups in total. The molecule has 2 aromatic heterocycles. The summed E-state index contributed by atoms with van der Waals surface area (Å²) in [4.78, 5) is 19.8. The highest BCUT2D eigenvalue weighted by atomic mass is 79.9. The van der Waals surface area contributed by atoms with E-state index in [0.717, 1.165) is 5.56 Å². The molecule has 7 heteroatoms.